The summed E-state index contributed by atoms with van der Waals surface area (Å²) in [4.78, 5) is 0. The van der Waals surface area contributed by atoms with Gasteiger partial charge in [-0.05, 0) is 33.1 Å². The van der Waals surface area contributed by atoms with Crippen molar-refractivity contribution in [2.24, 2.45) is 0 Å². The van der Waals surface area contributed by atoms with Crippen LogP contribution in [0.4, 0.5) is 0 Å². The maximum absolute atomic E-state index is 5.72. The quantitative estimate of drug-likeness (QED) is 0.760. The Bertz CT molecular complexity index is 165. The predicted molar refractivity (Wildman–Crippen MR) is 62.1 cm³/mol. The fraction of sp³-hybridized carbons (Fsp3) is 1.00. The second-order valence-corrected chi connectivity index (χ2v) is 4.65. The van der Waals surface area contributed by atoms with Gasteiger partial charge in [0.05, 0.1) is 18.8 Å². The highest BCUT2D eigenvalue weighted by molar-refractivity contribution is 4.81. The molecule has 0 aromatic heterocycles. The van der Waals surface area contributed by atoms with E-state index in [1.807, 2.05) is 0 Å². The SMILES string of the molecule is CCC(COC)NC1CC(C)OC(C)C1. The van der Waals surface area contributed by atoms with Gasteiger partial charge in [0, 0.05) is 19.2 Å². The van der Waals surface area contributed by atoms with Crippen LogP contribution in [0.1, 0.15) is 40.0 Å². The number of hydrogen-bond acceptors (Lipinski definition) is 3. The van der Waals surface area contributed by atoms with Crippen molar-refractivity contribution in [1.29, 1.82) is 0 Å². The van der Waals surface area contributed by atoms with E-state index < -0.39 is 0 Å². The van der Waals surface area contributed by atoms with E-state index in [2.05, 4.69) is 26.1 Å². The minimum absolute atomic E-state index is 0.381. The van der Waals surface area contributed by atoms with Crippen LogP contribution in [0.15, 0.2) is 0 Å². The average Bonchev–Trinajstić information content (AvgIpc) is 2.15. The van der Waals surface area contributed by atoms with Crippen LogP contribution < -0.4 is 5.32 Å². The zero-order valence-corrected chi connectivity index (χ0v) is 10.5. The maximum atomic E-state index is 5.72. The van der Waals surface area contributed by atoms with Crippen LogP contribution in [0.3, 0.4) is 0 Å². The van der Waals surface area contributed by atoms with Crippen LogP contribution in [0, 0.1) is 0 Å². The van der Waals surface area contributed by atoms with Gasteiger partial charge in [-0.3, -0.25) is 0 Å². The molecule has 0 aliphatic carbocycles. The molecule has 0 aromatic rings. The van der Waals surface area contributed by atoms with Crippen LogP contribution in [0.5, 0.6) is 0 Å². The third-order valence-corrected chi connectivity index (χ3v) is 3.03. The molecule has 0 aromatic carbocycles. The lowest BCUT2D eigenvalue weighted by atomic mass is 9.98. The number of rotatable bonds is 5. The Kier molecular flexibility index (Phi) is 5.58. The van der Waals surface area contributed by atoms with Gasteiger partial charge in [-0.25, -0.2) is 0 Å². The lowest BCUT2D eigenvalue weighted by Crippen LogP contribution is -2.47. The molecule has 1 heterocycles. The summed E-state index contributed by atoms with van der Waals surface area (Å²) in [6.45, 7) is 7.31. The van der Waals surface area contributed by atoms with Gasteiger partial charge in [-0.1, -0.05) is 6.92 Å². The Hall–Kier alpha value is -0.120. The molecular weight excluding hydrogens is 190 g/mol. The highest BCUT2D eigenvalue weighted by Crippen LogP contribution is 2.19. The average molecular weight is 215 g/mol. The van der Waals surface area contributed by atoms with Crippen molar-refractivity contribution in [3.05, 3.63) is 0 Å². The summed E-state index contributed by atoms with van der Waals surface area (Å²) < 4.78 is 10.9. The van der Waals surface area contributed by atoms with Gasteiger partial charge in [0.1, 0.15) is 0 Å². The molecule has 3 nitrogen and oxygen atoms in total. The minimum Gasteiger partial charge on any atom is -0.383 e. The molecule has 0 bridgehead atoms. The van der Waals surface area contributed by atoms with Crippen molar-refractivity contribution in [1.82, 2.24) is 5.32 Å². The molecule has 1 N–H and O–H groups in total. The maximum Gasteiger partial charge on any atom is 0.0615 e. The molecule has 1 aliphatic rings. The van der Waals surface area contributed by atoms with E-state index in [1.165, 1.54) is 0 Å². The van der Waals surface area contributed by atoms with Crippen LogP contribution >= 0.6 is 0 Å². The lowest BCUT2D eigenvalue weighted by molar-refractivity contribution is -0.0448. The fourth-order valence-corrected chi connectivity index (χ4v) is 2.36. The first-order chi connectivity index (χ1) is 7.15. The van der Waals surface area contributed by atoms with Crippen LogP contribution in [-0.2, 0) is 9.47 Å². The molecule has 0 saturated carbocycles. The largest absolute Gasteiger partial charge is 0.383 e. The summed E-state index contributed by atoms with van der Waals surface area (Å²) in [5.41, 5.74) is 0. The first-order valence-electron chi connectivity index (χ1n) is 6.06. The van der Waals surface area contributed by atoms with Gasteiger partial charge < -0.3 is 14.8 Å². The van der Waals surface area contributed by atoms with E-state index in [9.17, 15) is 0 Å². The van der Waals surface area contributed by atoms with Crippen molar-refractivity contribution in [2.45, 2.75) is 64.3 Å². The van der Waals surface area contributed by atoms with Crippen LogP contribution in [0.2, 0.25) is 0 Å². The summed E-state index contributed by atoms with van der Waals surface area (Å²) >= 11 is 0. The fourth-order valence-electron chi connectivity index (χ4n) is 2.36. The van der Waals surface area contributed by atoms with Gasteiger partial charge in [0.15, 0.2) is 0 Å². The summed E-state index contributed by atoms with van der Waals surface area (Å²) in [5, 5.41) is 3.66. The van der Waals surface area contributed by atoms with Crippen LogP contribution in [0.25, 0.3) is 0 Å². The molecule has 0 amide bonds. The Labute approximate surface area is 93.5 Å². The summed E-state index contributed by atoms with van der Waals surface area (Å²) in [6, 6.07) is 1.07. The Morgan fingerprint density at radius 3 is 2.40 bits per heavy atom. The molecule has 3 unspecified atom stereocenters. The summed E-state index contributed by atoms with van der Waals surface area (Å²) in [6.07, 6.45) is 4.11. The molecule has 1 aliphatic heterocycles. The first-order valence-corrected chi connectivity index (χ1v) is 6.06. The topological polar surface area (TPSA) is 30.5 Å². The zero-order chi connectivity index (χ0) is 11.3. The minimum atomic E-state index is 0.381. The van der Waals surface area contributed by atoms with E-state index in [1.54, 1.807) is 7.11 Å². The van der Waals surface area contributed by atoms with Gasteiger partial charge in [0.2, 0.25) is 0 Å². The molecule has 3 atom stereocenters. The molecule has 0 spiro atoms. The lowest BCUT2D eigenvalue weighted by Gasteiger charge is -2.34. The molecule has 1 fully saturated rings. The van der Waals surface area contributed by atoms with Crippen molar-refractivity contribution >= 4 is 0 Å². The molecule has 1 rings (SSSR count). The smallest absolute Gasteiger partial charge is 0.0615 e. The van der Waals surface area contributed by atoms with Crippen molar-refractivity contribution < 1.29 is 9.47 Å². The number of nitrogens with one attached hydrogen (secondary N) is 1. The molecule has 3 heteroatoms. The van der Waals surface area contributed by atoms with Gasteiger partial charge in [-0.2, -0.15) is 0 Å². The number of methoxy groups -OCH3 is 1. The highest BCUT2D eigenvalue weighted by Gasteiger charge is 2.25. The monoisotopic (exact) mass is 215 g/mol. The zero-order valence-electron chi connectivity index (χ0n) is 10.5. The number of ether oxygens (including phenoxy) is 2. The molecule has 0 radical (unpaired) electrons. The first kappa shape index (κ1) is 12.9. The van der Waals surface area contributed by atoms with Gasteiger partial charge in [-0.15, -0.1) is 0 Å². The summed E-state index contributed by atoms with van der Waals surface area (Å²) in [7, 11) is 1.76. The van der Waals surface area contributed by atoms with Gasteiger partial charge >= 0.3 is 0 Å². The number of hydrogen-bond donors (Lipinski definition) is 1. The van der Waals surface area contributed by atoms with Crippen molar-refractivity contribution in [3.63, 3.8) is 0 Å². The molecule has 15 heavy (non-hydrogen) atoms. The van der Waals surface area contributed by atoms with E-state index in [0.717, 1.165) is 25.9 Å². The van der Waals surface area contributed by atoms with Crippen LogP contribution in [-0.4, -0.2) is 38.0 Å². The van der Waals surface area contributed by atoms with Gasteiger partial charge in [0.25, 0.3) is 0 Å². The Morgan fingerprint density at radius 2 is 1.93 bits per heavy atom. The molecular formula is C12H25NO2. The van der Waals surface area contributed by atoms with Crippen molar-refractivity contribution in [2.75, 3.05) is 13.7 Å². The molecule has 1 saturated heterocycles. The Morgan fingerprint density at radius 1 is 1.33 bits per heavy atom. The van der Waals surface area contributed by atoms with Crippen molar-refractivity contribution in [3.8, 4) is 0 Å². The Balaban J connectivity index is 2.35. The highest BCUT2D eigenvalue weighted by atomic mass is 16.5. The summed E-state index contributed by atoms with van der Waals surface area (Å²) in [5.74, 6) is 0. The third-order valence-electron chi connectivity index (χ3n) is 3.03. The normalized spacial score (nSPS) is 34.0. The second kappa shape index (κ2) is 6.46. The predicted octanol–water partition coefficient (Wildman–Crippen LogP) is 1.96. The molecule has 90 valence electrons. The van der Waals surface area contributed by atoms with E-state index >= 15 is 0 Å². The van der Waals surface area contributed by atoms with E-state index in [0.29, 0.717) is 24.3 Å². The van der Waals surface area contributed by atoms with E-state index in [4.69, 9.17) is 9.47 Å². The third kappa shape index (κ3) is 4.49. The second-order valence-electron chi connectivity index (χ2n) is 4.65. The van der Waals surface area contributed by atoms with E-state index in [-0.39, 0.29) is 0 Å². The standard InChI is InChI=1S/C12H25NO2/c1-5-11(8-14-4)13-12-6-9(2)15-10(3)7-12/h9-13H,5-8H2,1-4H3.